The molecular weight excluding hydrogens is 206 g/mol. The fourth-order valence-corrected chi connectivity index (χ4v) is 3.28. The molecule has 2 rings (SSSR count). The Balaban J connectivity index is 2.12. The second kappa shape index (κ2) is 4.45. The van der Waals surface area contributed by atoms with Crippen LogP contribution in [0.3, 0.4) is 0 Å². The van der Waals surface area contributed by atoms with E-state index in [-0.39, 0.29) is 12.1 Å². The van der Waals surface area contributed by atoms with Crippen molar-refractivity contribution < 1.29 is 5.11 Å². The van der Waals surface area contributed by atoms with E-state index in [0.29, 0.717) is 0 Å². The molecule has 1 fully saturated rings. The first kappa shape index (κ1) is 10.8. The maximum Gasteiger partial charge on any atom is 0.0701 e. The number of hydrogen-bond donors (Lipinski definition) is 2. The van der Waals surface area contributed by atoms with E-state index in [0.717, 1.165) is 23.6 Å². The van der Waals surface area contributed by atoms with Crippen molar-refractivity contribution in [3.05, 3.63) is 29.8 Å². The van der Waals surface area contributed by atoms with Gasteiger partial charge in [0.15, 0.2) is 0 Å². The van der Waals surface area contributed by atoms with Gasteiger partial charge in [-0.25, -0.2) is 0 Å². The summed E-state index contributed by atoms with van der Waals surface area (Å²) < 4.78 is 0. The number of aliphatic hydroxyl groups excluding tert-OH is 1. The molecule has 1 aromatic carbocycles. The van der Waals surface area contributed by atoms with Crippen LogP contribution in [0.2, 0.25) is 0 Å². The first-order chi connectivity index (χ1) is 7.24. The fraction of sp³-hybridized carbons (Fsp3) is 0.500. The molecule has 15 heavy (non-hydrogen) atoms. The highest BCUT2D eigenvalue weighted by Crippen LogP contribution is 2.31. The third kappa shape index (κ3) is 2.47. The lowest BCUT2D eigenvalue weighted by molar-refractivity contribution is 0.226. The Morgan fingerprint density at radius 1 is 1.53 bits per heavy atom. The Morgan fingerprint density at radius 2 is 2.40 bits per heavy atom. The zero-order valence-corrected chi connectivity index (χ0v) is 9.81. The largest absolute Gasteiger partial charge is 0.394 e. The summed E-state index contributed by atoms with van der Waals surface area (Å²) in [6.45, 7) is 2.30. The molecule has 1 heterocycles. The number of nitrogens with one attached hydrogen (secondary N) is 1. The first-order valence-electron chi connectivity index (χ1n) is 5.28. The van der Waals surface area contributed by atoms with Crippen LogP contribution in [0, 0.1) is 6.92 Å². The summed E-state index contributed by atoms with van der Waals surface area (Å²) >= 11 is 1.91. The number of rotatable bonds is 3. The van der Waals surface area contributed by atoms with Crippen molar-refractivity contribution in [2.24, 2.45) is 0 Å². The van der Waals surface area contributed by atoms with Crippen LogP contribution in [0.4, 0.5) is 5.69 Å². The summed E-state index contributed by atoms with van der Waals surface area (Å²) in [4.78, 5) is 0. The van der Waals surface area contributed by atoms with E-state index in [4.69, 9.17) is 0 Å². The maximum atomic E-state index is 9.47. The third-order valence-corrected chi connectivity index (χ3v) is 4.08. The van der Waals surface area contributed by atoms with Crippen molar-refractivity contribution in [2.75, 3.05) is 23.4 Å². The maximum absolute atomic E-state index is 9.47. The van der Waals surface area contributed by atoms with Gasteiger partial charge in [0.05, 0.1) is 12.1 Å². The molecule has 0 aliphatic carbocycles. The van der Waals surface area contributed by atoms with Gasteiger partial charge in [0.25, 0.3) is 0 Å². The lowest BCUT2D eigenvalue weighted by atomic mass is 9.99. The number of anilines is 1. The summed E-state index contributed by atoms with van der Waals surface area (Å²) in [5.41, 5.74) is 2.27. The molecule has 82 valence electrons. The highest BCUT2D eigenvalue weighted by atomic mass is 32.2. The van der Waals surface area contributed by atoms with Crippen LogP contribution < -0.4 is 5.32 Å². The predicted molar refractivity (Wildman–Crippen MR) is 66.6 cm³/mol. The Hall–Kier alpha value is -0.670. The van der Waals surface area contributed by atoms with E-state index in [1.165, 1.54) is 5.56 Å². The molecule has 1 aliphatic rings. The molecule has 1 saturated heterocycles. The molecule has 0 bridgehead atoms. The normalized spacial score (nSPS) is 25.5. The Morgan fingerprint density at radius 3 is 3.00 bits per heavy atom. The molecule has 1 aromatic rings. The van der Waals surface area contributed by atoms with Crippen LogP contribution >= 0.6 is 11.8 Å². The Kier molecular flexibility index (Phi) is 3.22. The van der Waals surface area contributed by atoms with E-state index >= 15 is 0 Å². The number of aryl methyl sites for hydroxylation is 1. The van der Waals surface area contributed by atoms with E-state index in [2.05, 4.69) is 30.4 Å². The van der Waals surface area contributed by atoms with Gasteiger partial charge in [0, 0.05) is 11.4 Å². The van der Waals surface area contributed by atoms with E-state index in [9.17, 15) is 5.11 Å². The van der Waals surface area contributed by atoms with Crippen molar-refractivity contribution >= 4 is 17.4 Å². The highest BCUT2D eigenvalue weighted by molar-refractivity contribution is 7.99. The number of benzene rings is 1. The highest BCUT2D eigenvalue weighted by Gasteiger charge is 2.33. The summed E-state index contributed by atoms with van der Waals surface area (Å²) in [5.74, 6) is 2.14. The van der Waals surface area contributed by atoms with E-state index in [1.807, 2.05) is 17.8 Å². The molecule has 0 radical (unpaired) electrons. The monoisotopic (exact) mass is 223 g/mol. The molecule has 0 amide bonds. The summed E-state index contributed by atoms with van der Waals surface area (Å²) in [5, 5.41) is 12.9. The van der Waals surface area contributed by atoms with Crippen molar-refractivity contribution in [3.63, 3.8) is 0 Å². The number of aliphatic hydroxyl groups is 1. The zero-order chi connectivity index (χ0) is 10.7. The Bertz CT molecular complexity index is 334. The van der Waals surface area contributed by atoms with Crippen molar-refractivity contribution in [1.29, 1.82) is 0 Å². The van der Waals surface area contributed by atoms with Crippen LogP contribution in [-0.4, -0.2) is 28.8 Å². The van der Waals surface area contributed by atoms with Crippen LogP contribution in [0.5, 0.6) is 0 Å². The van der Waals surface area contributed by atoms with Gasteiger partial charge in [-0.2, -0.15) is 11.8 Å². The summed E-state index contributed by atoms with van der Waals surface area (Å²) in [6.07, 6.45) is 1.04. The van der Waals surface area contributed by atoms with Gasteiger partial charge in [-0.05, 0) is 36.8 Å². The minimum atomic E-state index is -0.0987. The average molecular weight is 223 g/mol. The third-order valence-electron chi connectivity index (χ3n) is 2.83. The van der Waals surface area contributed by atoms with Gasteiger partial charge in [-0.3, -0.25) is 0 Å². The fourth-order valence-electron chi connectivity index (χ4n) is 1.90. The smallest absolute Gasteiger partial charge is 0.0701 e. The van der Waals surface area contributed by atoms with Crippen molar-refractivity contribution in [2.45, 2.75) is 18.9 Å². The molecule has 1 aliphatic heterocycles. The van der Waals surface area contributed by atoms with E-state index in [1.54, 1.807) is 0 Å². The Labute approximate surface area is 95.1 Å². The molecule has 0 saturated carbocycles. The predicted octanol–water partition coefficient (Wildman–Crippen LogP) is 2.27. The second-order valence-electron chi connectivity index (χ2n) is 4.24. The van der Waals surface area contributed by atoms with Crippen LogP contribution in [0.25, 0.3) is 0 Å². The zero-order valence-electron chi connectivity index (χ0n) is 8.99. The van der Waals surface area contributed by atoms with Gasteiger partial charge in [-0.15, -0.1) is 0 Å². The van der Waals surface area contributed by atoms with Gasteiger partial charge in [-0.1, -0.05) is 12.1 Å². The minimum Gasteiger partial charge on any atom is -0.394 e. The lowest BCUT2D eigenvalue weighted by Crippen LogP contribution is -2.42. The molecule has 0 spiro atoms. The van der Waals surface area contributed by atoms with Crippen LogP contribution in [0.15, 0.2) is 24.3 Å². The minimum absolute atomic E-state index is 0.0987. The summed E-state index contributed by atoms with van der Waals surface area (Å²) in [7, 11) is 0. The van der Waals surface area contributed by atoms with Gasteiger partial charge in [0.2, 0.25) is 0 Å². The quantitative estimate of drug-likeness (QED) is 0.824. The van der Waals surface area contributed by atoms with E-state index < -0.39 is 0 Å². The summed E-state index contributed by atoms with van der Waals surface area (Å²) in [6, 6.07) is 8.32. The van der Waals surface area contributed by atoms with Crippen LogP contribution in [-0.2, 0) is 0 Å². The van der Waals surface area contributed by atoms with Crippen LogP contribution in [0.1, 0.15) is 12.0 Å². The standard InChI is InChI=1S/C12H17NOS/c1-10-3-2-4-11(7-10)13-12(8-14)5-6-15-9-12/h2-4,7,13-14H,5-6,8-9H2,1H3. The lowest BCUT2D eigenvalue weighted by Gasteiger charge is -2.28. The van der Waals surface area contributed by atoms with Crippen molar-refractivity contribution in [1.82, 2.24) is 0 Å². The van der Waals surface area contributed by atoms with Gasteiger partial charge < -0.3 is 10.4 Å². The van der Waals surface area contributed by atoms with Gasteiger partial charge in [0.1, 0.15) is 0 Å². The topological polar surface area (TPSA) is 32.3 Å². The number of thioether (sulfide) groups is 1. The SMILES string of the molecule is Cc1cccc(NC2(CO)CCSC2)c1. The molecule has 1 unspecified atom stereocenters. The first-order valence-corrected chi connectivity index (χ1v) is 6.43. The molecule has 0 aromatic heterocycles. The molecule has 2 nitrogen and oxygen atoms in total. The number of hydrogen-bond acceptors (Lipinski definition) is 3. The average Bonchev–Trinajstić information content (AvgIpc) is 2.67. The molecule has 2 N–H and O–H groups in total. The molecule has 1 atom stereocenters. The molecule has 3 heteroatoms. The molecular formula is C12H17NOS. The van der Waals surface area contributed by atoms with Crippen molar-refractivity contribution in [3.8, 4) is 0 Å². The second-order valence-corrected chi connectivity index (χ2v) is 5.34. The van der Waals surface area contributed by atoms with Gasteiger partial charge >= 0.3 is 0 Å².